The highest BCUT2D eigenvalue weighted by molar-refractivity contribution is 7.90. The van der Waals surface area contributed by atoms with E-state index in [9.17, 15) is 8.42 Å². The normalized spacial score (nSPS) is 32.1. The summed E-state index contributed by atoms with van der Waals surface area (Å²) in [6.45, 7) is 4.95. The summed E-state index contributed by atoms with van der Waals surface area (Å²) >= 11 is 0. The van der Waals surface area contributed by atoms with Crippen molar-refractivity contribution in [2.75, 3.05) is 26.3 Å². The summed E-state index contributed by atoms with van der Waals surface area (Å²) in [7, 11) is -3.23. The maximum Gasteiger partial charge on any atom is 0.217 e. The molecule has 0 bridgehead atoms. The molecule has 0 radical (unpaired) electrons. The highest BCUT2D eigenvalue weighted by atomic mass is 32.2. The minimum Gasteiger partial charge on any atom is -0.380 e. The van der Waals surface area contributed by atoms with Crippen LogP contribution in [0.5, 0.6) is 0 Å². The SMILES string of the molecule is C[C@H](NS(=O)(=O)[C@H]1CCCOC1)[C@H]1CCCNC1. The van der Waals surface area contributed by atoms with Gasteiger partial charge in [0, 0.05) is 12.6 Å². The largest absolute Gasteiger partial charge is 0.380 e. The van der Waals surface area contributed by atoms with Crippen molar-refractivity contribution in [1.82, 2.24) is 10.0 Å². The third-order valence-corrected chi connectivity index (χ3v) is 5.90. The van der Waals surface area contributed by atoms with Crippen LogP contribution in [-0.2, 0) is 14.8 Å². The van der Waals surface area contributed by atoms with Gasteiger partial charge in [0.2, 0.25) is 10.0 Å². The van der Waals surface area contributed by atoms with E-state index >= 15 is 0 Å². The molecule has 0 aromatic carbocycles. The molecule has 2 saturated heterocycles. The summed E-state index contributed by atoms with van der Waals surface area (Å²) in [4.78, 5) is 0. The molecule has 0 spiro atoms. The second-order valence-corrected chi connectivity index (χ2v) is 7.39. The summed E-state index contributed by atoms with van der Waals surface area (Å²) < 4.78 is 32.6. The van der Waals surface area contributed by atoms with Gasteiger partial charge in [0.05, 0.1) is 11.9 Å². The maximum absolute atomic E-state index is 12.2. The lowest BCUT2D eigenvalue weighted by atomic mass is 9.94. The molecule has 0 aliphatic carbocycles. The minimum atomic E-state index is -3.23. The Morgan fingerprint density at radius 2 is 2.17 bits per heavy atom. The van der Waals surface area contributed by atoms with E-state index in [1.165, 1.54) is 0 Å². The molecular weight excluding hydrogens is 252 g/mol. The van der Waals surface area contributed by atoms with E-state index in [-0.39, 0.29) is 11.3 Å². The van der Waals surface area contributed by atoms with Crippen LogP contribution < -0.4 is 10.0 Å². The summed E-state index contributed by atoms with van der Waals surface area (Å²) in [5.41, 5.74) is 0. The third kappa shape index (κ3) is 3.66. The summed E-state index contributed by atoms with van der Waals surface area (Å²) in [6, 6.07) is 0.00438. The average Bonchev–Trinajstić information content (AvgIpc) is 2.40. The molecule has 106 valence electrons. The molecule has 0 unspecified atom stereocenters. The molecule has 0 amide bonds. The van der Waals surface area contributed by atoms with Crippen LogP contribution in [0.25, 0.3) is 0 Å². The molecule has 2 fully saturated rings. The molecule has 0 aromatic rings. The predicted octanol–water partition coefficient (Wildman–Crippen LogP) is 0.473. The molecular formula is C12H24N2O3S. The molecule has 3 atom stereocenters. The van der Waals surface area contributed by atoms with Gasteiger partial charge in [0.15, 0.2) is 0 Å². The first-order valence-electron chi connectivity index (χ1n) is 6.89. The second-order valence-electron chi connectivity index (χ2n) is 5.40. The smallest absolute Gasteiger partial charge is 0.217 e. The fourth-order valence-corrected chi connectivity index (χ4v) is 4.37. The van der Waals surface area contributed by atoms with Crippen molar-refractivity contribution in [3.63, 3.8) is 0 Å². The Bertz CT molecular complexity index is 346. The fourth-order valence-electron chi connectivity index (χ4n) is 2.71. The number of hydrogen-bond donors (Lipinski definition) is 2. The highest BCUT2D eigenvalue weighted by Gasteiger charge is 2.31. The second kappa shape index (κ2) is 6.32. The molecule has 6 heteroatoms. The zero-order valence-electron chi connectivity index (χ0n) is 11.0. The van der Waals surface area contributed by atoms with Gasteiger partial charge in [-0.25, -0.2) is 13.1 Å². The molecule has 2 aliphatic rings. The Morgan fingerprint density at radius 3 is 2.78 bits per heavy atom. The Kier molecular flexibility index (Phi) is 5.00. The lowest BCUT2D eigenvalue weighted by Crippen LogP contribution is -2.48. The van der Waals surface area contributed by atoms with Crippen LogP contribution in [-0.4, -0.2) is 46.0 Å². The van der Waals surface area contributed by atoms with Crippen molar-refractivity contribution in [1.29, 1.82) is 0 Å². The number of ether oxygens (including phenoxy) is 1. The summed E-state index contributed by atoms with van der Waals surface area (Å²) in [6.07, 6.45) is 3.77. The zero-order chi connectivity index (χ0) is 13.0. The van der Waals surface area contributed by atoms with Gasteiger partial charge >= 0.3 is 0 Å². The number of rotatable bonds is 4. The van der Waals surface area contributed by atoms with Crippen LogP contribution >= 0.6 is 0 Å². The van der Waals surface area contributed by atoms with Crippen LogP contribution in [0.4, 0.5) is 0 Å². The molecule has 2 rings (SSSR count). The van der Waals surface area contributed by atoms with Crippen molar-refractivity contribution in [3.05, 3.63) is 0 Å². The standard InChI is InChI=1S/C12H24N2O3S/c1-10(11-4-2-6-13-8-11)14-18(15,16)12-5-3-7-17-9-12/h10-14H,2-9H2,1H3/t10-,11-,12-/m0/s1. The summed E-state index contributed by atoms with van der Waals surface area (Å²) in [5, 5.41) is 2.95. The van der Waals surface area contributed by atoms with Gasteiger partial charge in [-0.3, -0.25) is 0 Å². The van der Waals surface area contributed by atoms with E-state index in [1.807, 2.05) is 6.92 Å². The van der Waals surface area contributed by atoms with Crippen LogP contribution in [0.1, 0.15) is 32.6 Å². The molecule has 2 N–H and O–H groups in total. The van der Waals surface area contributed by atoms with E-state index in [4.69, 9.17) is 4.74 Å². The van der Waals surface area contributed by atoms with Gasteiger partial charge in [-0.05, 0) is 51.6 Å². The molecule has 0 aromatic heterocycles. The van der Waals surface area contributed by atoms with E-state index < -0.39 is 10.0 Å². The van der Waals surface area contributed by atoms with Gasteiger partial charge in [-0.2, -0.15) is 0 Å². The van der Waals surface area contributed by atoms with E-state index in [1.54, 1.807) is 0 Å². The number of hydrogen-bond acceptors (Lipinski definition) is 4. The molecule has 2 aliphatic heterocycles. The topological polar surface area (TPSA) is 67.4 Å². The van der Waals surface area contributed by atoms with Crippen LogP contribution in [0.2, 0.25) is 0 Å². The van der Waals surface area contributed by atoms with Crippen LogP contribution in [0.3, 0.4) is 0 Å². The first kappa shape index (κ1) is 14.2. The molecule has 18 heavy (non-hydrogen) atoms. The van der Waals surface area contributed by atoms with Crippen molar-refractivity contribution in [3.8, 4) is 0 Å². The lowest BCUT2D eigenvalue weighted by molar-refractivity contribution is 0.0986. The third-order valence-electron chi connectivity index (χ3n) is 3.95. The molecule has 0 saturated carbocycles. The maximum atomic E-state index is 12.2. The Labute approximate surface area is 110 Å². The van der Waals surface area contributed by atoms with Gasteiger partial charge in [-0.1, -0.05) is 0 Å². The van der Waals surface area contributed by atoms with Gasteiger partial charge in [0.1, 0.15) is 0 Å². The lowest BCUT2D eigenvalue weighted by Gasteiger charge is -2.31. The van der Waals surface area contributed by atoms with Crippen molar-refractivity contribution in [2.24, 2.45) is 5.92 Å². The fraction of sp³-hybridized carbons (Fsp3) is 1.00. The molecule has 2 heterocycles. The van der Waals surface area contributed by atoms with Crippen LogP contribution in [0.15, 0.2) is 0 Å². The Morgan fingerprint density at radius 1 is 1.33 bits per heavy atom. The number of piperidine rings is 1. The molecule has 5 nitrogen and oxygen atoms in total. The quantitative estimate of drug-likeness (QED) is 0.783. The monoisotopic (exact) mass is 276 g/mol. The van der Waals surface area contributed by atoms with E-state index in [0.29, 0.717) is 25.6 Å². The van der Waals surface area contributed by atoms with Gasteiger partial charge in [-0.15, -0.1) is 0 Å². The van der Waals surface area contributed by atoms with Crippen LogP contribution in [0, 0.1) is 5.92 Å². The average molecular weight is 276 g/mol. The Hall–Kier alpha value is -0.170. The van der Waals surface area contributed by atoms with Gasteiger partial charge in [0.25, 0.3) is 0 Å². The highest BCUT2D eigenvalue weighted by Crippen LogP contribution is 2.18. The van der Waals surface area contributed by atoms with Crippen molar-refractivity contribution < 1.29 is 13.2 Å². The number of sulfonamides is 1. The minimum absolute atomic E-state index is 0.00438. The van der Waals surface area contributed by atoms with Crippen molar-refractivity contribution in [2.45, 2.75) is 43.9 Å². The first-order valence-corrected chi connectivity index (χ1v) is 8.44. The predicted molar refractivity (Wildman–Crippen MR) is 71.0 cm³/mol. The van der Waals surface area contributed by atoms with Gasteiger partial charge < -0.3 is 10.1 Å². The zero-order valence-corrected chi connectivity index (χ0v) is 11.8. The van der Waals surface area contributed by atoms with E-state index in [0.717, 1.165) is 32.4 Å². The van der Waals surface area contributed by atoms with Crippen molar-refractivity contribution >= 4 is 10.0 Å². The first-order chi connectivity index (χ1) is 8.59. The summed E-state index contributed by atoms with van der Waals surface area (Å²) in [5.74, 6) is 0.401. The van der Waals surface area contributed by atoms with E-state index in [2.05, 4.69) is 10.0 Å². The Balaban J connectivity index is 1.89. The number of nitrogens with one attached hydrogen (secondary N) is 2.